The molecule has 0 fully saturated rings. The van der Waals surface area contributed by atoms with Crippen molar-refractivity contribution < 1.29 is 10.0 Å². The first-order chi connectivity index (χ1) is 8.40. The van der Waals surface area contributed by atoms with Crippen LogP contribution in [-0.2, 0) is 0 Å². The smallest absolute Gasteiger partial charge is 0.255 e. The zero-order chi connectivity index (χ0) is 13.9. The first-order valence-corrected chi connectivity index (χ1v) is 6.25. The maximum Gasteiger partial charge on any atom is 0.255 e. The van der Waals surface area contributed by atoms with Gasteiger partial charge in [0.05, 0.1) is 16.6 Å². The van der Waals surface area contributed by atoms with Crippen LogP contribution < -0.4 is 5.73 Å². The summed E-state index contributed by atoms with van der Waals surface area (Å²) in [5.41, 5.74) is 5.82. The van der Waals surface area contributed by atoms with Crippen LogP contribution in [0.4, 0.5) is 0 Å². The number of rotatable bonds is 3. The summed E-state index contributed by atoms with van der Waals surface area (Å²) >= 11 is 9.30. The monoisotopic (exact) mass is 333 g/mol. The van der Waals surface area contributed by atoms with Crippen molar-refractivity contribution in [2.75, 3.05) is 7.05 Å². The molecular formula is C11H13BrClN3O2. The maximum absolute atomic E-state index is 12.2. The Morgan fingerprint density at radius 3 is 2.78 bits per heavy atom. The van der Waals surface area contributed by atoms with E-state index in [4.69, 9.17) is 22.5 Å². The van der Waals surface area contributed by atoms with Crippen molar-refractivity contribution in [2.45, 2.75) is 13.0 Å². The quantitative estimate of drug-likeness (QED) is 0.385. The number of hydrogen-bond acceptors (Lipinski definition) is 3. The Morgan fingerprint density at radius 1 is 1.61 bits per heavy atom. The van der Waals surface area contributed by atoms with Crippen LogP contribution in [0, 0.1) is 0 Å². The predicted octanol–water partition coefficient (Wildman–Crippen LogP) is 2.31. The van der Waals surface area contributed by atoms with E-state index in [-0.39, 0.29) is 11.7 Å². The molecule has 1 amide bonds. The lowest BCUT2D eigenvalue weighted by Gasteiger charge is -2.24. The predicted molar refractivity (Wildman–Crippen MR) is 74.1 cm³/mol. The molecule has 0 saturated carbocycles. The summed E-state index contributed by atoms with van der Waals surface area (Å²) in [6, 6.07) is 4.54. The number of likely N-dealkylation sites (N-methyl/N-ethyl adjacent to an activating group) is 1. The first kappa shape index (κ1) is 14.8. The van der Waals surface area contributed by atoms with Crippen LogP contribution in [0.25, 0.3) is 0 Å². The van der Waals surface area contributed by atoms with Crippen molar-refractivity contribution in [3.05, 3.63) is 33.3 Å². The second-order valence-electron chi connectivity index (χ2n) is 3.72. The molecule has 0 aliphatic rings. The number of oxime groups is 1. The molecule has 1 atom stereocenters. The SMILES string of the molecule is CC(/C(N)=N/O)N(C)C(=O)c1cccc(Br)c1Cl. The van der Waals surface area contributed by atoms with Gasteiger partial charge in [0.1, 0.15) is 0 Å². The lowest BCUT2D eigenvalue weighted by Crippen LogP contribution is -2.43. The highest BCUT2D eigenvalue weighted by Gasteiger charge is 2.22. The van der Waals surface area contributed by atoms with Gasteiger partial charge < -0.3 is 15.8 Å². The van der Waals surface area contributed by atoms with Crippen molar-refractivity contribution in [2.24, 2.45) is 10.9 Å². The Morgan fingerprint density at radius 2 is 2.22 bits per heavy atom. The van der Waals surface area contributed by atoms with Gasteiger partial charge in [-0.3, -0.25) is 4.79 Å². The van der Waals surface area contributed by atoms with Crippen molar-refractivity contribution >= 4 is 39.3 Å². The van der Waals surface area contributed by atoms with E-state index in [9.17, 15) is 4.79 Å². The van der Waals surface area contributed by atoms with Crippen molar-refractivity contribution in [1.29, 1.82) is 0 Å². The first-order valence-electron chi connectivity index (χ1n) is 5.08. The fraction of sp³-hybridized carbons (Fsp3) is 0.273. The van der Waals surface area contributed by atoms with Crippen molar-refractivity contribution in [3.63, 3.8) is 0 Å². The van der Waals surface area contributed by atoms with Crippen LogP contribution in [0.1, 0.15) is 17.3 Å². The van der Waals surface area contributed by atoms with Gasteiger partial charge in [0.15, 0.2) is 5.84 Å². The molecular weight excluding hydrogens is 321 g/mol. The van der Waals surface area contributed by atoms with Crippen LogP contribution in [0.15, 0.2) is 27.8 Å². The van der Waals surface area contributed by atoms with E-state index in [1.165, 1.54) is 4.90 Å². The standard InChI is InChI=1S/C11H13BrClN3O2/c1-6(10(14)15-18)16(2)11(17)7-4-3-5-8(12)9(7)13/h3-6,18H,1-2H3,(H2,14,15). The third kappa shape index (κ3) is 2.94. The van der Waals surface area contributed by atoms with E-state index in [1.54, 1.807) is 32.2 Å². The zero-order valence-electron chi connectivity index (χ0n) is 9.89. The summed E-state index contributed by atoms with van der Waals surface area (Å²) in [5, 5.41) is 11.8. The van der Waals surface area contributed by atoms with Gasteiger partial charge >= 0.3 is 0 Å². The number of hydrogen-bond donors (Lipinski definition) is 2. The molecule has 1 unspecified atom stereocenters. The lowest BCUT2D eigenvalue weighted by molar-refractivity contribution is 0.0776. The fourth-order valence-electron chi connectivity index (χ4n) is 1.32. The summed E-state index contributed by atoms with van der Waals surface area (Å²) in [6.07, 6.45) is 0. The highest BCUT2D eigenvalue weighted by Crippen LogP contribution is 2.27. The number of nitrogens with two attached hydrogens (primary N) is 1. The summed E-state index contributed by atoms with van der Waals surface area (Å²) < 4.78 is 0.639. The molecule has 0 saturated heterocycles. The summed E-state index contributed by atoms with van der Waals surface area (Å²) in [5.74, 6) is -0.350. The normalized spacial score (nSPS) is 13.2. The summed E-state index contributed by atoms with van der Waals surface area (Å²) in [6.45, 7) is 1.65. The number of carbonyl (C=O) groups excluding carboxylic acids is 1. The molecule has 1 rings (SSSR count). The number of nitrogens with zero attached hydrogens (tertiary/aromatic N) is 2. The zero-order valence-corrected chi connectivity index (χ0v) is 12.2. The topological polar surface area (TPSA) is 78.9 Å². The molecule has 7 heteroatoms. The molecule has 0 aliphatic heterocycles. The van der Waals surface area contributed by atoms with Crippen LogP contribution in [0.3, 0.4) is 0 Å². The van der Waals surface area contributed by atoms with Crippen LogP contribution in [-0.4, -0.2) is 34.9 Å². The van der Waals surface area contributed by atoms with Crippen LogP contribution >= 0.6 is 27.5 Å². The van der Waals surface area contributed by atoms with Gasteiger partial charge in [0.25, 0.3) is 5.91 Å². The van der Waals surface area contributed by atoms with Gasteiger partial charge in [0, 0.05) is 11.5 Å². The van der Waals surface area contributed by atoms with E-state index in [0.29, 0.717) is 15.1 Å². The molecule has 0 heterocycles. The van der Waals surface area contributed by atoms with Gasteiger partial charge in [-0.15, -0.1) is 0 Å². The van der Waals surface area contributed by atoms with Crippen molar-refractivity contribution in [3.8, 4) is 0 Å². The van der Waals surface area contributed by atoms with Gasteiger partial charge in [0.2, 0.25) is 0 Å². The van der Waals surface area contributed by atoms with Crippen molar-refractivity contribution in [1.82, 2.24) is 4.90 Å². The van der Waals surface area contributed by atoms with Crippen LogP contribution in [0.5, 0.6) is 0 Å². The van der Waals surface area contributed by atoms with Crippen LogP contribution in [0.2, 0.25) is 5.02 Å². The maximum atomic E-state index is 12.2. The van der Waals surface area contributed by atoms with E-state index in [2.05, 4.69) is 21.1 Å². The number of carbonyl (C=O) groups is 1. The Kier molecular flexibility index (Phi) is 4.98. The van der Waals surface area contributed by atoms with Gasteiger partial charge in [-0.05, 0) is 35.0 Å². The molecule has 3 N–H and O–H groups in total. The average molecular weight is 335 g/mol. The fourth-order valence-corrected chi connectivity index (χ4v) is 1.89. The molecule has 1 aromatic rings. The number of halogens is 2. The van der Waals surface area contributed by atoms with E-state index < -0.39 is 6.04 Å². The third-order valence-electron chi connectivity index (χ3n) is 2.63. The minimum absolute atomic E-state index is 0.0445. The molecule has 5 nitrogen and oxygen atoms in total. The Balaban J connectivity index is 3.04. The summed E-state index contributed by atoms with van der Waals surface area (Å²) in [7, 11) is 1.56. The molecule has 1 aromatic carbocycles. The Hall–Kier alpha value is -1.27. The molecule has 0 radical (unpaired) electrons. The minimum Gasteiger partial charge on any atom is -0.409 e. The minimum atomic E-state index is -0.530. The van der Waals surface area contributed by atoms with E-state index in [1.807, 2.05) is 0 Å². The van der Waals surface area contributed by atoms with Gasteiger partial charge in [-0.25, -0.2) is 0 Å². The third-order valence-corrected chi connectivity index (χ3v) is 3.92. The van der Waals surface area contributed by atoms with Gasteiger partial charge in [-0.2, -0.15) is 0 Å². The Labute approximate surface area is 118 Å². The number of benzene rings is 1. The second kappa shape index (κ2) is 6.06. The molecule has 0 spiro atoms. The molecule has 0 bridgehead atoms. The number of amides is 1. The van der Waals surface area contributed by atoms with Gasteiger partial charge in [-0.1, -0.05) is 22.8 Å². The summed E-state index contributed by atoms with van der Waals surface area (Å²) in [4.78, 5) is 13.6. The average Bonchev–Trinajstić information content (AvgIpc) is 2.38. The second-order valence-corrected chi connectivity index (χ2v) is 4.95. The molecule has 18 heavy (non-hydrogen) atoms. The molecule has 0 aromatic heterocycles. The molecule has 98 valence electrons. The molecule has 0 aliphatic carbocycles. The lowest BCUT2D eigenvalue weighted by atomic mass is 10.1. The van der Waals surface area contributed by atoms with E-state index in [0.717, 1.165) is 0 Å². The highest BCUT2D eigenvalue weighted by atomic mass is 79.9. The van der Waals surface area contributed by atoms with E-state index >= 15 is 0 Å². The highest BCUT2D eigenvalue weighted by molar-refractivity contribution is 9.10. The largest absolute Gasteiger partial charge is 0.409 e. The number of amidine groups is 1. The Bertz CT molecular complexity index is 493.